The Morgan fingerprint density at radius 3 is 2.42 bits per heavy atom. The van der Waals surface area contributed by atoms with E-state index in [1.54, 1.807) is 0 Å². The maximum absolute atomic E-state index is 5.54. The van der Waals surface area contributed by atoms with Crippen LogP contribution in [0.25, 0.3) is 0 Å². The second-order valence-corrected chi connectivity index (χ2v) is 6.21. The maximum atomic E-state index is 5.54. The lowest BCUT2D eigenvalue weighted by Crippen LogP contribution is -2.50. The maximum Gasteiger partial charge on any atom is 0.119 e. The van der Waals surface area contributed by atoms with E-state index >= 15 is 0 Å². The molecule has 2 nitrogen and oxygen atoms in total. The minimum Gasteiger partial charge on any atom is -0.494 e. The molecule has 1 aromatic carbocycles. The van der Waals surface area contributed by atoms with E-state index in [1.807, 2.05) is 6.92 Å². The first kappa shape index (κ1) is 13.0. The summed E-state index contributed by atoms with van der Waals surface area (Å²) in [7, 11) is 0. The van der Waals surface area contributed by atoms with Gasteiger partial charge in [0.15, 0.2) is 0 Å². The number of nitrogens with one attached hydrogen (secondary N) is 1. The van der Waals surface area contributed by atoms with E-state index in [-0.39, 0.29) is 0 Å². The van der Waals surface area contributed by atoms with E-state index in [4.69, 9.17) is 4.74 Å². The Morgan fingerprint density at radius 2 is 1.95 bits per heavy atom. The van der Waals surface area contributed by atoms with Crippen LogP contribution in [0.3, 0.4) is 0 Å². The van der Waals surface area contributed by atoms with Crippen LogP contribution >= 0.6 is 0 Å². The molecule has 1 aromatic rings. The van der Waals surface area contributed by atoms with Crippen molar-refractivity contribution < 1.29 is 4.74 Å². The highest BCUT2D eigenvalue weighted by Gasteiger charge is 2.45. The van der Waals surface area contributed by atoms with Crippen molar-refractivity contribution >= 4 is 0 Å². The van der Waals surface area contributed by atoms with Crippen LogP contribution in [0.5, 0.6) is 5.75 Å². The summed E-state index contributed by atoms with van der Waals surface area (Å²) in [5.41, 5.74) is 1.86. The first-order valence-electron chi connectivity index (χ1n) is 7.71. The van der Waals surface area contributed by atoms with Gasteiger partial charge in [0.25, 0.3) is 0 Å². The normalized spacial score (nSPS) is 29.9. The van der Waals surface area contributed by atoms with Crippen LogP contribution in [-0.2, 0) is 5.41 Å². The van der Waals surface area contributed by atoms with Crippen molar-refractivity contribution in [2.24, 2.45) is 5.92 Å². The van der Waals surface area contributed by atoms with Gasteiger partial charge in [-0.1, -0.05) is 19.1 Å². The van der Waals surface area contributed by atoms with Gasteiger partial charge in [0.1, 0.15) is 5.75 Å². The molecule has 2 aliphatic rings. The molecule has 2 heteroatoms. The van der Waals surface area contributed by atoms with E-state index in [1.165, 1.54) is 31.2 Å². The third-order valence-corrected chi connectivity index (χ3v) is 4.99. The van der Waals surface area contributed by atoms with E-state index in [0.717, 1.165) is 30.9 Å². The lowest BCUT2D eigenvalue weighted by Gasteiger charge is -2.49. The van der Waals surface area contributed by atoms with Gasteiger partial charge in [0.2, 0.25) is 0 Å². The molecule has 0 heterocycles. The van der Waals surface area contributed by atoms with E-state index < -0.39 is 0 Å². The molecule has 3 rings (SSSR count). The highest BCUT2D eigenvalue weighted by molar-refractivity contribution is 5.35. The van der Waals surface area contributed by atoms with Gasteiger partial charge < -0.3 is 10.1 Å². The number of ether oxygens (including phenoxy) is 1. The molecule has 1 N–H and O–H groups in total. The molecular formula is C17H25NO. The molecule has 0 radical (unpaired) electrons. The van der Waals surface area contributed by atoms with E-state index in [2.05, 4.69) is 36.5 Å². The Hall–Kier alpha value is -1.02. The zero-order chi connectivity index (χ0) is 13.3. The SMILES string of the molecule is CCOc1ccc(C2(CNC3CC3)CCC2C)cc1. The molecule has 2 saturated carbocycles. The van der Waals surface area contributed by atoms with Crippen LogP contribution in [0.1, 0.15) is 45.1 Å². The fourth-order valence-corrected chi connectivity index (χ4v) is 3.24. The smallest absolute Gasteiger partial charge is 0.119 e. The Kier molecular flexibility index (Phi) is 3.53. The lowest BCUT2D eigenvalue weighted by molar-refractivity contribution is 0.133. The molecule has 0 saturated heterocycles. The van der Waals surface area contributed by atoms with Crippen molar-refractivity contribution in [3.05, 3.63) is 29.8 Å². The molecule has 0 amide bonds. The summed E-state index contributed by atoms with van der Waals surface area (Å²) in [5.74, 6) is 1.78. The molecule has 104 valence electrons. The van der Waals surface area contributed by atoms with Crippen molar-refractivity contribution in [2.75, 3.05) is 13.2 Å². The summed E-state index contributed by atoms with van der Waals surface area (Å²) in [6.45, 7) is 6.31. The Morgan fingerprint density at radius 1 is 1.21 bits per heavy atom. The largest absolute Gasteiger partial charge is 0.494 e. The van der Waals surface area contributed by atoms with Gasteiger partial charge in [0, 0.05) is 18.0 Å². The number of hydrogen-bond donors (Lipinski definition) is 1. The summed E-state index contributed by atoms with van der Waals surface area (Å²) < 4.78 is 5.54. The van der Waals surface area contributed by atoms with Crippen LogP contribution in [0.15, 0.2) is 24.3 Å². The Bertz CT molecular complexity index is 423. The molecule has 0 spiro atoms. The predicted molar refractivity (Wildman–Crippen MR) is 78.7 cm³/mol. The Labute approximate surface area is 116 Å². The average molecular weight is 259 g/mol. The van der Waals surface area contributed by atoms with Gasteiger partial charge >= 0.3 is 0 Å². The Balaban J connectivity index is 1.74. The monoisotopic (exact) mass is 259 g/mol. The van der Waals surface area contributed by atoms with Crippen LogP contribution in [0.2, 0.25) is 0 Å². The standard InChI is InChI=1S/C17H25NO/c1-3-19-16-8-4-14(5-9-16)17(11-10-13(17)2)12-18-15-6-7-15/h4-5,8-9,13,15,18H,3,6-7,10-12H2,1-2H3. The van der Waals surface area contributed by atoms with Gasteiger partial charge in [0.05, 0.1) is 6.61 Å². The zero-order valence-electron chi connectivity index (χ0n) is 12.1. The minimum absolute atomic E-state index is 0.368. The molecule has 2 atom stereocenters. The molecule has 2 unspecified atom stereocenters. The first-order valence-corrected chi connectivity index (χ1v) is 7.71. The fraction of sp³-hybridized carbons (Fsp3) is 0.647. The predicted octanol–water partition coefficient (Wildman–Crippen LogP) is 3.51. The van der Waals surface area contributed by atoms with Gasteiger partial charge in [-0.15, -0.1) is 0 Å². The molecule has 0 bridgehead atoms. The number of hydrogen-bond acceptors (Lipinski definition) is 2. The highest BCUT2D eigenvalue weighted by Crippen LogP contribution is 2.48. The molecule has 0 aliphatic heterocycles. The van der Waals surface area contributed by atoms with E-state index in [0.29, 0.717) is 5.41 Å². The van der Waals surface area contributed by atoms with E-state index in [9.17, 15) is 0 Å². The summed E-state index contributed by atoms with van der Waals surface area (Å²) in [5, 5.41) is 3.74. The average Bonchev–Trinajstić information content (AvgIpc) is 3.24. The summed E-state index contributed by atoms with van der Waals surface area (Å²) in [6, 6.07) is 9.60. The van der Waals surface area contributed by atoms with Crippen LogP contribution in [-0.4, -0.2) is 19.2 Å². The summed E-state index contributed by atoms with van der Waals surface area (Å²) >= 11 is 0. The lowest BCUT2D eigenvalue weighted by atomic mass is 9.57. The number of benzene rings is 1. The van der Waals surface area contributed by atoms with Crippen molar-refractivity contribution in [2.45, 2.75) is 51.0 Å². The van der Waals surface area contributed by atoms with Gasteiger partial charge in [-0.2, -0.15) is 0 Å². The molecule has 2 aliphatic carbocycles. The van der Waals surface area contributed by atoms with Crippen LogP contribution in [0, 0.1) is 5.92 Å². The number of rotatable bonds is 6. The quantitative estimate of drug-likeness (QED) is 0.844. The van der Waals surface area contributed by atoms with Crippen molar-refractivity contribution in [3.8, 4) is 5.75 Å². The van der Waals surface area contributed by atoms with Crippen molar-refractivity contribution in [1.82, 2.24) is 5.32 Å². The summed E-state index contributed by atoms with van der Waals surface area (Å²) in [4.78, 5) is 0. The molecular weight excluding hydrogens is 234 g/mol. The summed E-state index contributed by atoms with van der Waals surface area (Å²) in [6.07, 6.45) is 5.42. The first-order chi connectivity index (χ1) is 9.24. The van der Waals surface area contributed by atoms with Gasteiger partial charge in [-0.3, -0.25) is 0 Å². The zero-order valence-corrected chi connectivity index (χ0v) is 12.1. The van der Waals surface area contributed by atoms with Gasteiger partial charge in [-0.25, -0.2) is 0 Å². The molecule has 0 aromatic heterocycles. The minimum atomic E-state index is 0.368. The third kappa shape index (κ3) is 2.51. The highest BCUT2D eigenvalue weighted by atomic mass is 16.5. The topological polar surface area (TPSA) is 21.3 Å². The van der Waals surface area contributed by atoms with Crippen LogP contribution in [0.4, 0.5) is 0 Å². The van der Waals surface area contributed by atoms with Gasteiger partial charge in [-0.05, 0) is 56.2 Å². The van der Waals surface area contributed by atoms with Crippen molar-refractivity contribution in [1.29, 1.82) is 0 Å². The third-order valence-electron chi connectivity index (χ3n) is 4.99. The molecule has 2 fully saturated rings. The molecule has 19 heavy (non-hydrogen) atoms. The second-order valence-electron chi connectivity index (χ2n) is 6.21. The fourth-order valence-electron chi connectivity index (χ4n) is 3.24. The van der Waals surface area contributed by atoms with Crippen LogP contribution < -0.4 is 10.1 Å². The second kappa shape index (κ2) is 5.16. The van der Waals surface area contributed by atoms with Crippen molar-refractivity contribution in [3.63, 3.8) is 0 Å².